The van der Waals surface area contributed by atoms with E-state index in [9.17, 15) is 5.11 Å². The molecule has 3 N–H and O–H groups in total. The SMILES string of the molecule is COc1ccc2c(c1)CC[C@@H](N)C[C@@H]2O. The van der Waals surface area contributed by atoms with E-state index in [4.69, 9.17) is 10.5 Å². The Balaban J connectivity index is 2.35. The Labute approximate surface area is 89.9 Å². The molecule has 3 nitrogen and oxygen atoms in total. The third-order valence-electron chi connectivity index (χ3n) is 3.02. The maximum Gasteiger partial charge on any atom is 0.119 e. The lowest BCUT2D eigenvalue weighted by Crippen LogP contribution is -2.21. The number of hydrogen-bond acceptors (Lipinski definition) is 3. The van der Waals surface area contributed by atoms with Crippen molar-refractivity contribution in [3.63, 3.8) is 0 Å². The molecule has 1 aliphatic rings. The second kappa shape index (κ2) is 4.21. The summed E-state index contributed by atoms with van der Waals surface area (Å²) in [4.78, 5) is 0. The zero-order chi connectivity index (χ0) is 10.8. The average molecular weight is 207 g/mol. The molecule has 2 rings (SSSR count). The number of aryl methyl sites for hydroxylation is 1. The van der Waals surface area contributed by atoms with Gasteiger partial charge in [-0.1, -0.05) is 6.07 Å². The van der Waals surface area contributed by atoms with E-state index in [2.05, 4.69) is 0 Å². The van der Waals surface area contributed by atoms with Gasteiger partial charge in [0.15, 0.2) is 0 Å². The summed E-state index contributed by atoms with van der Waals surface area (Å²) >= 11 is 0. The number of methoxy groups -OCH3 is 1. The minimum Gasteiger partial charge on any atom is -0.497 e. The number of ether oxygens (including phenoxy) is 1. The van der Waals surface area contributed by atoms with E-state index < -0.39 is 6.10 Å². The summed E-state index contributed by atoms with van der Waals surface area (Å²) in [7, 11) is 1.65. The van der Waals surface area contributed by atoms with Gasteiger partial charge in [-0.15, -0.1) is 0 Å². The van der Waals surface area contributed by atoms with E-state index in [1.54, 1.807) is 7.11 Å². The molecule has 15 heavy (non-hydrogen) atoms. The molecule has 2 atom stereocenters. The molecule has 0 amide bonds. The highest BCUT2D eigenvalue weighted by Crippen LogP contribution is 2.30. The third kappa shape index (κ3) is 2.13. The van der Waals surface area contributed by atoms with Crippen LogP contribution in [0.15, 0.2) is 18.2 Å². The van der Waals surface area contributed by atoms with Crippen molar-refractivity contribution in [1.82, 2.24) is 0 Å². The highest BCUT2D eigenvalue weighted by molar-refractivity contribution is 5.37. The Morgan fingerprint density at radius 2 is 2.27 bits per heavy atom. The molecule has 0 fully saturated rings. The highest BCUT2D eigenvalue weighted by atomic mass is 16.5. The van der Waals surface area contributed by atoms with Crippen LogP contribution in [0.3, 0.4) is 0 Å². The Bertz CT molecular complexity index is 351. The van der Waals surface area contributed by atoms with Gasteiger partial charge in [0.25, 0.3) is 0 Å². The fraction of sp³-hybridized carbons (Fsp3) is 0.500. The van der Waals surface area contributed by atoms with Crippen molar-refractivity contribution in [1.29, 1.82) is 0 Å². The fourth-order valence-electron chi connectivity index (χ4n) is 2.12. The third-order valence-corrected chi connectivity index (χ3v) is 3.02. The minimum absolute atomic E-state index is 0.0957. The van der Waals surface area contributed by atoms with Crippen molar-refractivity contribution in [3.8, 4) is 5.75 Å². The van der Waals surface area contributed by atoms with Crippen molar-refractivity contribution in [3.05, 3.63) is 29.3 Å². The monoisotopic (exact) mass is 207 g/mol. The van der Waals surface area contributed by atoms with Gasteiger partial charge >= 0.3 is 0 Å². The lowest BCUT2D eigenvalue weighted by molar-refractivity contribution is 0.160. The predicted molar refractivity (Wildman–Crippen MR) is 58.9 cm³/mol. The summed E-state index contributed by atoms with van der Waals surface area (Å²) in [6, 6.07) is 5.92. The highest BCUT2D eigenvalue weighted by Gasteiger charge is 2.20. The first-order valence-electron chi connectivity index (χ1n) is 5.31. The molecule has 82 valence electrons. The van der Waals surface area contributed by atoms with Crippen molar-refractivity contribution in [2.75, 3.05) is 7.11 Å². The van der Waals surface area contributed by atoms with Crippen LogP contribution < -0.4 is 10.5 Å². The van der Waals surface area contributed by atoms with Crippen molar-refractivity contribution in [2.24, 2.45) is 5.73 Å². The lowest BCUT2D eigenvalue weighted by Gasteiger charge is -2.13. The average Bonchev–Trinajstić information content (AvgIpc) is 2.38. The van der Waals surface area contributed by atoms with Crippen LogP contribution in [-0.4, -0.2) is 18.3 Å². The number of fused-ring (bicyclic) bond motifs is 1. The van der Waals surface area contributed by atoms with Crippen LogP contribution in [0.1, 0.15) is 30.1 Å². The van der Waals surface area contributed by atoms with Gasteiger partial charge in [-0.3, -0.25) is 0 Å². The maximum absolute atomic E-state index is 9.95. The molecular weight excluding hydrogens is 190 g/mol. The summed E-state index contributed by atoms with van der Waals surface area (Å²) in [6.45, 7) is 0. The summed E-state index contributed by atoms with van der Waals surface area (Å²) < 4.78 is 5.17. The standard InChI is InChI=1S/C12H17NO2/c1-15-10-4-5-11-8(6-10)2-3-9(13)7-12(11)14/h4-6,9,12,14H,2-3,7,13H2,1H3/t9-,12+/m1/s1. The number of benzene rings is 1. The van der Waals surface area contributed by atoms with Gasteiger partial charge in [0.05, 0.1) is 13.2 Å². The molecule has 0 aromatic heterocycles. The van der Waals surface area contributed by atoms with Crippen LogP contribution in [0.25, 0.3) is 0 Å². The van der Waals surface area contributed by atoms with E-state index in [0.717, 1.165) is 29.7 Å². The van der Waals surface area contributed by atoms with Gasteiger partial charge in [0.2, 0.25) is 0 Å². The number of nitrogens with two attached hydrogens (primary N) is 1. The Morgan fingerprint density at radius 1 is 1.47 bits per heavy atom. The van der Waals surface area contributed by atoms with Crippen molar-refractivity contribution in [2.45, 2.75) is 31.4 Å². The van der Waals surface area contributed by atoms with E-state index in [1.165, 1.54) is 0 Å². The first kappa shape index (κ1) is 10.5. The molecule has 0 aliphatic heterocycles. The molecule has 0 radical (unpaired) electrons. The summed E-state index contributed by atoms with van der Waals surface area (Å²) in [5.74, 6) is 0.844. The van der Waals surface area contributed by atoms with Gasteiger partial charge in [0.1, 0.15) is 5.75 Å². The predicted octanol–water partition coefficient (Wildman–Crippen LogP) is 1.39. The van der Waals surface area contributed by atoms with Crippen LogP contribution in [0.4, 0.5) is 0 Å². The number of hydrogen-bond donors (Lipinski definition) is 2. The second-order valence-corrected chi connectivity index (χ2v) is 4.11. The summed E-state index contributed by atoms with van der Waals surface area (Å²) in [5.41, 5.74) is 8.05. The van der Waals surface area contributed by atoms with Gasteiger partial charge in [-0.25, -0.2) is 0 Å². The van der Waals surface area contributed by atoms with Gasteiger partial charge in [-0.05, 0) is 42.5 Å². The molecule has 1 aromatic carbocycles. The van der Waals surface area contributed by atoms with E-state index in [0.29, 0.717) is 6.42 Å². The number of aliphatic hydroxyl groups excluding tert-OH is 1. The molecule has 0 unspecified atom stereocenters. The summed E-state index contributed by atoms with van der Waals surface area (Å²) in [6.07, 6.45) is 2.07. The molecule has 0 spiro atoms. The zero-order valence-electron chi connectivity index (χ0n) is 8.94. The number of aliphatic hydroxyl groups is 1. The molecule has 0 heterocycles. The van der Waals surface area contributed by atoms with Crippen molar-refractivity contribution >= 4 is 0 Å². The second-order valence-electron chi connectivity index (χ2n) is 4.11. The van der Waals surface area contributed by atoms with E-state index in [1.807, 2.05) is 18.2 Å². The smallest absolute Gasteiger partial charge is 0.119 e. The molecule has 3 heteroatoms. The molecule has 0 saturated heterocycles. The Kier molecular flexibility index (Phi) is 2.93. The topological polar surface area (TPSA) is 55.5 Å². The van der Waals surface area contributed by atoms with Crippen LogP contribution in [0.2, 0.25) is 0 Å². The van der Waals surface area contributed by atoms with Crippen LogP contribution in [-0.2, 0) is 6.42 Å². The van der Waals surface area contributed by atoms with Gasteiger partial charge in [-0.2, -0.15) is 0 Å². The first-order chi connectivity index (χ1) is 7.20. The number of rotatable bonds is 1. The quantitative estimate of drug-likeness (QED) is 0.684. The maximum atomic E-state index is 9.95. The molecular formula is C12H17NO2. The van der Waals surface area contributed by atoms with Crippen LogP contribution in [0.5, 0.6) is 5.75 Å². The molecule has 1 aromatic rings. The Hall–Kier alpha value is -1.06. The largest absolute Gasteiger partial charge is 0.497 e. The van der Waals surface area contributed by atoms with Crippen molar-refractivity contribution < 1.29 is 9.84 Å². The van der Waals surface area contributed by atoms with Crippen LogP contribution in [0, 0.1) is 0 Å². The fourth-order valence-corrected chi connectivity index (χ4v) is 2.12. The van der Waals surface area contributed by atoms with E-state index in [-0.39, 0.29) is 6.04 Å². The minimum atomic E-state index is -0.427. The zero-order valence-corrected chi connectivity index (χ0v) is 8.94. The van der Waals surface area contributed by atoms with E-state index >= 15 is 0 Å². The summed E-state index contributed by atoms with van der Waals surface area (Å²) in [5, 5.41) is 9.95. The molecule has 0 bridgehead atoms. The van der Waals surface area contributed by atoms with Gasteiger partial charge < -0.3 is 15.6 Å². The first-order valence-corrected chi connectivity index (χ1v) is 5.31. The normalized spacial score (nSPS) is 25.5. The lowest BCUT2D eigenvalue weighted by atomic mass is 10.0. The molecule has 1 aliphatic carbocycles. The molecule has 0 saturated carbocycles. The Morgan fingerprint density at radius 3 is 3.00 bits per heavy atom. The van der Waals surface area contributed by atoms with Crippen LogP contribution >= 0.6 is 0 Å². The van der Waals surface area contributed by atoms with Gasteiger partial charge in [0, 0.05) is 6.04 Å².